The van der Waals surface area contributed by atoms with Gasteiger partial charge in [0.25, 0.3) is 0 Å². The molecular weight excluding hydrogens is 435 g/mol. The summed E-state index contributed by atoms with van der Waals surface area (Å²) in [5.41, 5.74) is 2.86. The molecular formula is C20H23Cl3N4S. The number of nitrogens with zero attached hydrogens (tertiary/aromatic N) is 3. The van der Waals surface area contributed by atoms with Crippen molar-refractivity contribution in [2.45, 2.75) is 44.4 Å². The average molecular weight is 458 g/mol. The van der Waals surface area contributed by atoms with Gasteiger partial charge in [-0.2, -0.15) is 5.26 Å². The summed E-state index contributed by atoms with van der Waals surface area (Å²) in [6.45, 7) is 9.72. The van der Waals surface area contributed by atoms with Crippen LogP contribution >= 0.6 is 46.6 Å². The molecule has 28 heavy (non-hydrogen) atoms. The Kier molecular flexibility index (Phi) is 11.3. The first kappa shape index (κ1) is 24.6. The van der Waals surface area contributed by atoms with Crippen molar-refractivity contribution in [3.8, 4) is 6.07 Å². The van der Waals surface area contributed by atoms with Gasteiger partial charge in [-0.15, -0.1) is 29.8 Å². The Morgan fingerprint density at radius 2 is 2.11 bits per heavy atom. The van der Waals surface area contributed by atoms with Crippen molar-refractivity contribution in [3.05, 3.63) is 63.7 Å². The molecule has 150 valence electrons. The fourth-order valence-electron chi connectivity index (χ4n) is 2.27. The number of allylic oxidation sites excluding steroid dienone is 4. The van der Waals surface area contributed by atoms with Gasteiger partial charge in [-0.05, 0) is 36.1 Å². The molecule has 1 N–H and O–H groups in total. The molecule has 0 saturated carbocycles. The highest BCUT2D eigenvalue weighted by Crippen LogP contribution is 2.34. The van der Waals surface area contributed by atoms with Crippen LogP contribution in [-0.2, 0) is 0 Å². The zero-order valence-electron chi connectivity index (χ0n) is 16.0. The highest BCUT2D eigenvalue weighted by atomic mass is 35.5. The maximum Gasteiger partial charge on any atom is 0.222 e. The van der Waals surface area contributed by atoms with Crippen molar-refractivity contribution < 1.29 is 0 Å². The van der Waals surface area contributed by atoms with Gasteiger partial charge in [-0.1, -0.05) is 44.7 Å². The van der Waals surface area contributed by atoms with Crippen LogP contribution < -0.4 is 5.32 Å². The molecule has 4 nitrogen and oxygen atoms in total. The minimum absolute atomic E-state index is 0.101. The predicted molar refractivity (Wildman–Crippen MR) is 122 cm³/mol. The van der Waals surface area contributed by atoms with E-state index in [1.165, 1.54) is 18.0 Å². The van der Waals surface area contributed by atoms with Crippen LogP contribution in [-0.4, -0.2) is 20.7 Å². The summed E-state index contributed by atoms with van der Waals surface area (Å²) in [7, 11) is 0. The fraction of sp³-hybridized carbons (Fsp3) is 0.350. The van der Waals surface area contributed by atoms with E-state index >= 15 is 0 Å². The zero-order valence-corrected chi connectivity index (χ0v) is 19.1. The molecule has 0 fully saturated rings. The van der Waals surface area contributed by atoms with E-state index in [-0.39, 0.29) is 16.0 Å². The summed E-state index contributed by atoms with van der Waals surface area (Å²) in [5, 5.41) is 15.2. The van der Waals surface area contributed by atoms with E-state index in [4.69, 9.17) is 34.8 Å². The van der Waals surface area contributed by atoms with E-state index in [0.717, 1.165) is 17.7 Å². The first-order valence-electron chi connectivity index (χ1n) is 8.87. The third kappa shape index (κ3) is 7.18. The van der Waals surface area contributed by atoms with Gasteiger partial charge in [-0.25, -0.2) is 9.97 Å². The molecule has 0 aliphatic carbocycles. The summed E-state index contributed by atoms with van der Waals surface area (Å²) < 4.78 is 0. The highest BCUT2D eigenvalue weighted by molar-refractivity contribution is 8.06. The lowest BCUT2D eigenvalue weighted by Gasteiger charge is -2.13. The molecule has 1 aliphatic heterocycles. The minimum Gasteiger partial charge on any atom is -0.348 e. The van der Waals surface area contributed by atoms with E-state index in [1.54, 1.807) is 12.1 Å². The molecule has 0 amide bonds. The predicted octanol–water partition coefficient (Wildman–Crippen LogP) is 6.65. The second-order valence-electron chi connectivity index (χ2n) is 5.35. The number of hydrogen-bond acceptors (Lipinski definition) is 5. The topological polar surface area (TPSA) is 61.6 Å². The van der Waals surface area contributed by atoms with Crippen molar-refractivity contribution in [2.75, 3.05) is 0 Å². The van der Waals surface area contributed by atoms with Crippen LogP contribution in [0.1, 0.15) is 39.3 Å². The average Bonchev–Trinajstić information content (AvgIpc) is 3.17. The number of nitriles is 1. The number of aromatic nitrogens is 2. The standard InChI is InChI=1S/C18H17Cl3N4S.C2H6/c1-3-11(7-13(20)8-12(19)4-2)16-10-26-17(24-16)14(9-22)15-5-6-23-18(21)25-15;1-2/h4-7,10,12-13,24H,2-3,8H2,1H3;1-2H3/b11-7+,17-14-;. The van der Waals surface area contributed by atoms with Crippen molar-refractivity contribution in [1.29, 1.82) is 5.26 Å². The van der Waals surface area contributed by atoms with E-state index in [0.29, 0.717) is 22.7 Å². The molecule has 1 aromatic heterocycles. The maximum absolute atomic E-state index is 9.54. The summed E-state index contributed by atoms with van der Waals surface area (Å²) in [6.07, 6.45) is 6.57. The molecule has 2 unspecified atom stereocenters. The van der Waals surface area contributed by atoms with Crippen molar-refractivity contribution >= 4 is 52.1 Å². The first-order valence-corrected chi connectivity index (χ1v) is 11.0. The SMILES string of the molecule is C=CC(Cl)CC(Cl)/C=C(\CC)C1=CS/C(=C(/C#N)c2ccnc(Cl)n2)N1.CC. The van der Waals surface area contributed by atoms with Crippen LogP contribution in [0.5, 0.6) is 0 Å². The number of hydrogen-bond donors (Lipinski definition) is 1. The monoisotopic (exact) mass is 456 g/mol. The molecule has 2 atom stereocenters. The van der Waals surface area contributed by atoms with Crippen molar-refractivity contribution in [2.24, 2.45) is 0 Å². The van der Waals surface area contributed by atoms with Gasteiger partial charge in [0, 0.05) is 17.3 Å². The van der Waals surface area contributed by atoms with Gasteiger partial charge in [0.2, 0.25) is 5.28 Å². The molecule has 0 spiro atoms. The van der Waals surface area contributed by atoms with E-state index in [1.807, 2.05) is 32.3 Å². The number of halogens is 3. The number of alkyl halides is 2. The van der Waals surface area contributed by atoms with Crippen LogP contribution in [0.25, 0.3) is 5.57 Å². The molecule has 2 heterocycles. The van der Waals surface area contributed by atoms with Crippen LogP contribution in [0.4, 0.5) is 0 Å². The normalized spacial score (nSPS) is 17.3. The summed E-state index contributed by atoms with van der Waals surface area (Å²) >= 11 is 19.7. The lowest BCUT2D eigenvalue weighted by molar-refractivity contribution is 0.867. The maximum atomic E-state index is 9.54. The molecule has 2 rings (SSSR count). The Morgan fingerprint density at radius 3 is 2.68 bits per heavy atom. The van der Waals surface area contributed by atoms with Crippen LogP contribution in [0.2, 0.25) is 5.28 Å². The molecule has 8 heteroatoms. The number of rotatable bonds is 7. The Balaban J connectivity index is 0.00000190. The third-order valence-electron chi connectivity index (χ3n) is 3.58. The molecule has 0 bridgehead atoms. The molecule has 1 aliphatic rings. The van der Waals surface area contributed by atoms with Crippen LogP contribution in [0, 0.1) is 11.3 Å². The molecule has 1 aromatic rings. The Morgan fingerprint density at radius 1 is 1.39 bits per heavy atom. The Labute approximate surface area is 186 Å². The largest absolute Gasteiger partial charge is 0.348 e. The van der Waals surface area contributed by atoms with Gasteiger partial charge in [0.1, 0.15) is 11.6 Å². The Bertz CT molecular complexity index is 812. The van der Waals surface area contributed by atoms with E-state index in [2.05, 4.69) is 27.9 Å². The van der Waals surface area contributed by atoms with Gasteiger partial charge in [0.05, 0.1) is 21.5 Å². The number of thioether (sulfide) groups is 1. The fourth-order valence-corrected chi connectivity index (χ4v) is 3.93. The van der Waals surface area contributed by atoms with Gasteiger partial charge in [0.15, 0.2) is 0 Å². The van der Waals surface area contributed by atoms with Gasteiger partial charge in [-0.3, -0.25) is 0 Å². The molecule has 0 saturated heterocycles. The highest BCUT2D eigenvalue weighted by Gasteiger charge is 2.20. The van der Waals surface area contributed by atoms with Crippen molar-refractivity contribution in [1.82, 2.24) is 15.3 Å². The lowest BCUT2D eigenvalue weighted by atomic mass is 10.1. The van der Waals surface area contributed by atoms with E-state index in [9.17, 15) is 5.26 Å². The van der Waals surface area contributed by atoms with Crippen molar-refractivity contribution in [3.63, 3.8) is 0 Å². The van der Waals surface area contributed by atoms with Gasteiger partial charge < -0.3 is 5.32 Å². The van der Waals surface area contributed by atoms with Crippen LogP contribution in [0.15, 0.2) is 52.7 Å². The molecule has 0 aromatic carbocycles. The minimum atomic E-state index is -0.206. The Hall–Kier alpha value is -1.45. The summed E-state index contributed by atoms with van der Waals surface area (Å²) in [4.78, 5) is 7.95. The van der Waals surface area contributed by atoms with Crippen LogP contribution in [0.3, 0.4) is 0 Å². The summed E-state index contributed by atoms with van der Waals surface area (Å²) in [6, 6.07) is 3.83. The second-order valence-corrected chi connectivity index (χ2v) is 7.69. The molecule has 0 radical (unpaired) electrons. The quantitative estimate of drug-likeness (QED) is 0.215. The third-order valence-corrected chi connectivity index (χ3v) is 5.32. The lowest BCUT2D eigenvalue weighted by Crippen LogP contribution is -2.11. The zero-order chi connectivity index (χ0) is 21.1. The summed E-state index contributed by atoms with van der Waals surface area (Å²) in [5.74, 6) is 0. The smallest absolute Gasteiger partial charge is 0.222 e. The second kappa shape index (κ2) is 12.9. The van der Waals surface area contributed by atoms with Gasteiger partial charge >= 0.3 is 0 Å². The first-order chi connectivity index (χ1) is 13.5. The number of nitrogens with one attached hydrogen (secondary N) is 1. The van der Waals surface area contributed by atoms with E-state index < -0.39 is 0 Å².